The molecule has 1 saturated heterocycles. The van der Waals surface area contributed by atoms with Crippen LogP contribution in [0.4, 0.5) is 0 Å². The fourth-order valence-corrected chi connectivity index (χ4v) is 4.20. The lowest BCUT2D eigenvalue weighted by atomic mass is 10.0. The van der Waals surface area contributed by atoms with Gasteiger partial charge in [-0.2, -0.15) is 9.40 Å². The summed E-state index contributed by atoms with van der Waals surface area (Å²) in [5, 5.41) is 6.47. The second-order valence-electron chi connectivity index (χ2n) is 6.56. The molecule has 25 heavy (non-hydrogen) atoms. The Bertz CT molecular complexity index is 860. The molecule has 0 spiro atoms. The van der Waals surface area contributed by atoms with Gasteiger partial charge in [-0.3, -0.25) is 9.89 Å². The summed E-state index contributed by atoms with van der Waals surface area (Å²) in [4.78, 5) is 13.6. The molecule has 0 bridgehead atoms. The number of H-pyrrole nitrogens is 1. The van der Waals surface area contributed by atoms with Gasteiger partial charge in [0, 0.05) is 27.2 Å². The van der Waals surface area contributed by atoms with E-state index in [-0.39, 0.29) is 16.8 Å². The first kappa shape index (κ1) is 17.7. The molecule has 2 aromatic rings. The number of hydrogen-bond acceptors (Lipinski definition) is 5. The summed E-state index contributed by atoms with van der Waals surface area (Å²) in [5.74, 6) is 0.560. The quantitative estimate of drug-likeness (QED) is 0.889. The van der Waals surface area contributed by atoms with E-state index < -0.39 is 10.0 Å². The highest BCUT2D eigenvalue weighted by Gasteiger charge is 2.31. The maximum Gasteiger partial charge on any atom is 0.276 e. The van der Waals surface area contributed by atoms with Gasteiger partial charge in [-0.05, 0) is 30.9 Å². The van der Waals surface area contributed by atoms with Crippen molar-refractivity contribution in [2.75, 3.05) is 27.2 Å². The van der Waals surface area contributed by atoms with Gasteiger partial charge in [0.2, 0.25) is 5.09 Å². The summed E-state index contributed by atoms with van der Waals surface area (Å²) in [6, 6.07) is 2.97. The number of sulfonamides is 1. The van der Waals surface area contributed by atoms with E-state index in [9.17, 15) is 13.2 Å². The van der Waals surface area contributed by atoms with E-state index in [1.165, 1.54) is 21.5 Å². The van der Waals surface area contributed by atoms with Crippen molar-refractivity contribution in [3.63, 3.8) is 0 Å². The Balaban J connectivity index is 1.89. The number of aromatic amines is 1. The highest BCUT2D eigenvalue weighted by Crippen LogP contribution is 2.29. The first-order valence-electron chi connectivity index (χ1n) is 8.16. The third-order valence-corrected chi connectivity index (χ3v) is 6.21. The van der Waals surface area contributed by atoms with Gasteiger partial charge in [-0.15, -0.1) is 0 Å². The van der Waals surface area contributed by atoms with Crippen LogP contribution < -0.4 is 0 Å². The van der Waals surface area contributed by atoms with E-state index in [1.807, 2.05) is 0 Å². The molecule has 1 N–H and O–H groups in total. The second-order valence-corrected chi connectivity index (χ2v) is 8.43. The van der Waals surface area contributed by atoms with Gasteiger partial charge in [-0.1, -0.05) is 6.92 Å². The van der Waals surface area contributed by atoms with Gasteiger partial charge in [0.05, 0.1) is 11.8 Å². The highest BCUT2D eigenvalue weighted by atomic mass is 32.2. The first-order valence-corrected chi connectivity index (χ1v) is 9.60. The van der Waals surface area contributed by atoms with Gasteiger partial charge in [0.1, 0.15) is 5.69 Å². The molecule has 9 heteroatoms. The third-order valence-electron chi connectivity index (χ3n) is 4.44. The fraction of sp³-hybridized carbons (Fsp3) is 0.500. The van der Waals surface area contributed by atoms with Crippen molar-refractivity contribution in [3.05, 3.63) is 23.9 Å². The summed E-state index contributed by atoms with van der Waals surface area (Å²) in [7, 11) is -0.401. The molecule has 1 aliphatic heterocycles. The average Bonchev–Trinajstić information content (AvgIpc) is 3.23. The van der Waals surface area contributed by atoms with Gasteiger partial charge in [0.15, 0.2) is 5.76 Å². The zero-order chi connectivity index (χ0) is 18.2. The number of amides is 1. The number of piperidine rings is 1. The molecule has 0 saturated carbocycles. The zero-order valence-corrected chi connectivity index (χ0v) is 15.3. The summed E-state index contributed by atoms with van der Waals surface area (Å²) in [6.45, 7) is 3.11. The van der Waals surface area contributed by atoms with Crippen molar-refractivity contribution >= 4 is 15.9 Å². The van der Waals surface area contributed by atoms with Gasteiger partial charge in [-0.25, -0.2) is 8.42 Å². The van der Waals surface area contributed by atoms with Crippen LogP contribution in [0.15, 0.2) is 27.8 Å². The minimum Gasteiger partial charge on any atom is -0.442 e. The predicted molar refractivity (Wildman–Crippen MR) is 91.5 cm³/mol. The fourth-order valence-electron chi connectivity index (χ4n) is 2.82. The number of carbonyl (C=O) groups excluding carboxylic acids is 1. The van der Waals surface area contributed by atoms with Crippen molar-refractivity contribution in [2.24, 2.45) is 5.92 Å². The minimum atomic E-state index is -3.67. The number of furan rings is 1. The lowest BCUT2D eigenvalue weighted by Crippen LogP contribution is -2.37. The smallest absolute Gasteiger partial charge is 0.276 e. The Morgan fingerprint density at radius 2 is 2.00 bits per heavy atom. The highest BCUT2D eigenvalue weighted by molar-refractivity contribution is 7.89. The zero-order valence-electron chi connectivity index (χ0n) is 14.5. The topological polar surface area (TPSA) is 99.5 Å². The van der Waals surface area contributed by atoms with Crippen LogP contribution in [0, 0.1) is 5.92 Å². The molecule has 0 atom stereocenters. The minimum absolute atomic E-state index is 0.116. The van der Waals surface area contributed by atoms with Crippen LogP contribution in [-0.2, 0) is 10.0 Å². The third kappa shape index (κ3) is 3.34. The van der Waals surface area contributed by atoms with Crippen molar-refractivity contribution in [1.82, 2.24) is 19.4 Å². The molecular formula is C16H22N4O4S. The first-order chi connectivity index (χ1) is 11.8. The Kier molecular flexibility index (Phi) is 4.70. The van der Waals surface area contributed by atoms with Crippen molar-refractivity contribution in [1.29, 1.82) is 0 Å². The van der Waals surface area contributed by atoms with Crippen LogP contribution in [0.25, 0.3) is 11.5 Å². The molecule has 1 amide bonds. The molecule has 0 radical (unpaired) electrons. The predicted octanol–water partition coefficient (Wildman–Crippen LogP) is 1.79. The lowest BCUT2D eigenvalue weighted by molar-refractivity contribution is 0.0828. The molecule has 0 unspecified atom stereocenters. The van der Waals surface area contributed by atoms with Crippen molar-refractivity contribution in [2.45, 2.75) is 24.9 Å². The van der Waals surface area contributed by atoms with Crippen LogP contribution in [-0.4, -0.2) is 60.9 Å². The summed E-state index contributed by atoms with van der Waals surface area (Å²) >= 11 is 0. The Hall–Kier alpha value is -2.13. The SMILES string of the molecule is CC1CCN(S(=O)(=O)c2ccc(-c3[nH]ncc3C(=O)N(C)C)o2)CC1. The van der Waals surface area contributed by atoms with E-state index in [2.05, 4.69) is 17.1 Å². The Labute approximate surface area is 146 Å². The van der Waals surface area contributed by atoms with E-state index in [0.717, 1.165) is 12.8 Å². The van der Waals surface area contributed by atoms with Gasteiger partial charge >= 0.3 is 0 Å². The summed E-state index contributed by atoms with van der Waals surface area (Å²) in [5.41, 5.74) is 0.697. The Morgan fingerprint density at radius 1 is 1.32 bits per heavy atom. The van der Waals surface area contributed by atoms with E-state index in [1.54, 1.807) is 20.2 Å². The summed E-state index contributed by atoms with van der Waals surface area (Å²) in [6.07, 6.45) is 3.09. The van der Waals surface area contributed by atoms with Crippen LogP contribution in [0.1, 0.15) is 30.1 Å². The maximum absolute atomic E-state index is 12.7. The molecule has 0 aromatic carbocycles. The number of aromatic nitrogens is 2. The number of rotatable bonds is 4. The summed E-state index contributed by atoms with van der Waals surface area (Å²) < 4.78 is 32.5. The van der Waals surface area contributed by atoms with Gasteiger partial charge < -0.3 is 9.32 Å². The van der Waals surface area contributed by atoms with E-state index >= 15 is 0 Å². The van der Waals surface area contributed by atoms with E-state index in [4.69, 9.17) is 4.42 Å². The monoisotopic (exact) mass is 366 g/mol. The molecule has 3 heterocycles. The largest absolute Gasteiger partial charge is 0.442 e. The Morgan fingerprint density at radius 3 is 2.64 bits per heavy atom. The molecule has 1 fully saturated rings. The number of hydrogen-bond donors (Lipinski definition) is 1. The van der Waals surface area contributed by atoms with Crippen molar-refractivity contribution in [3.8, 4) is 11.5 Å². The van der Waals surface area contributed by atoms with Crippen LogP contribution in [0.2, 0.25) is 0 Å². The molecular weight excluding hydrogens is 344 g/mol. The molecule has 3 rings (SSSR count). The van der Waals surface area contributed by atoms with Crippen molar-refractivity contribution < 1.29 is 17.6 Å². The van der Waals surface area contributed by atoms with E-state index in [0.29, 0.717) is 30.3 Å². The lowest BCUT2D eigenvalue weighted by Gasteiger charge is -2.28. The standard InChI is InChI=1S/C16H22N4O4S/c1-11-6-8-20(9-7-11)25(22,23)14-5-4-13(24-14)15-12(10-17-18-15)16(21)19(2)3/h4-5,10-11H,6-9H2,1-3H3,(H,17,18). The number of carbonyl (C=O) groups is 1. The second kappa shape index (κ2) is 6.64. The van der Waals surface area contributed by atoms with Crippen LogP contribution in [0.3, 0.4) is 0 Å². The van der Waals surface area contributed by atoms with Gasteiger partial charge in [0.25, 0.3) is 15.9 Å². The maximum atomic E-state index is 12.7. The average molecular weight is 366 g/mol. The van der Waals surface area contributed by atoms with Crippen LogP contribution >= 0.6 is 0 Å². The molecule has 0 aliphatic carbocycles. The molecule has 2 aromatic heterocycles. The van der Waals surface area contributed by atoms with Crippen LogP contribution in [0.5, 0.6) is 0 Å². The number of nitrogens with zero attached hydrogens (tertiary/aromatic N) is 3. The molecule has 1 aliphatic rings. The molecule has 8 nitrogen and oxygen atoms in total. The normalized spacial score (nSPS) is 16.9. The molecule has 136 valence electrons. The number of nitrogens with one attached hydrogen (secondary N) is 1.